The molecule has 0 aromatic heterocycles. The lowest BCUT2D eigenvalue weighted by atomic mass is 9.73. The molecule has 0 unspecified atom stereocenters. The first-order valence-electron chi connectivity index (χ1n) is 11.0. The summed E-state index contributed by atoms with van der Waals surface area (Å²) in [6.45, 7) is 9.40. The fourth-order valence-corrected chi connectivity index (χ4v) is 4.45. The number of morpholine rings is 1. The van der Waals surface area contributed by atoms with E-state index in [1.165, 1.54) is 32.1 Å². The van der Waals surface area contributed by atoms with Gasteiger partial charge in [-0.1, -0.05) is 31.4 Å². The van der Waals surface area contributed by atoms with Crippen LogP contribution in [-0.2, 0) is 11.3 Å². The summed E-state index contributed by atoms with van der Waals surface area (Å²) in [6, 6.07) is 9.88. The third-order valence-corrected chi connectivity index (χ3v) is 6.03. The average molecular weight is 398 g/mol. The van der Waals surface area contributed by atoms with Crippen LogP contribution >= 0.6 is 0 Å². The summed E-state index contributed by atoms with van der Waals surface area (Å²) in [4.78, 5) is 7.35. The number of hydrogen-bond donors (Lipinski definition) is 2. The van der Waals surface area contributed by atoms with Crippen LogP contribution in [0.3, 0.4) is 0 Å². The maximum atomic E-state index is 9.09. The fraction of sp³-hybridized carbons (Fsp3) is 0.652. The minimum Gasteiger partial charge on any atom is -0.379 e. The number of aliphatic imine (C=N–C) groups is 1. The van der Waals surface area contributed by atoms with E-state index in [-0.39, 0.29) is 0 Å². The van der Waals surface area contributed by atoms with E-state index in [9.17, 15) is 0 Å². The molecule has 29 heavy (non-hydrogen) atoms. The highest BCUT2D eigenvalue weighted by Crippen LogP contribution is 2.36. The summed E-state index contributed by atoms with van der Waals surface area (Å²) in [5.41, 5.74) is 2.05. The van der Waals surface area contributed by atoms with Gasteiger partial charge in [-0.05, 0) is 37.5 Å². The number of benzene rings is 1. The maximum absolute atomic E-state index is 9.09. The zero-order chi connectivity index (χ0) is 20.4. The minimum atomic E-state index is 0.312. The molecule has 2 fully saturated rings. The molecule has 1 aliphatic heterocycles. The lowest BCUT2D eigenvalue weighted by molar-refractivity contribution is 0.00820. The molecule has 0 amide bonds. The monoisotopic (exact) mass is 397 g/mol. The predicted molar refractivity (Wildman–Crippen MR) is 117 cm³/mol. The van der Waals surface area contributed by atoms with Crippen molar-refractivity contribution < 1.29 is 4.74 Å². The first-order valence-corrected chi connectivity index (χ1v) is 11.0. The topological polar surface area (TPSA) is 72.7 Å². The number of nitrogens with zero attached hydrogens (tertiary/aromatic N) is 3. The largest absolute Gasteiger partial charge is 0.379 e. The highest BCUT2D eigenvalue weighted by atomic mass is 16.5. The van der Waals surface area contributed by atoms with Gasteiger partial charge in [0.2, 0.25) is 0 Å². The van der Waals surface area contributed by atoms with E-state index in [2.05, 4.69) is 28.5 Å². The van der Waals surface area contributed by atoms with E-state index < -0.39 is 0 Å². The van der Waals surface area contributed by atoms with Crippen molar-refractivity contribution in [1.29, 1.82) is 5.26 Å². The first kappa shape index (κ1) is 21.6. The zero-order valence-electron chi connectivity index (χ0n) is 17.8. The average Bonchev–Trinajstić information content (AvgIpc) is 2.77. The molecule has 0 spiro atoms. The number of nitrogens with one attached hydrogen (secondary N) is 2. The van der Waals surface area contributed by atoms with Crippen molar-refractivity contribution in [2.75, 3.05) is 45.9 Å². The molecule has 0 radical (unpaired) electrons. The van der Waals surface area contributed by atoms with Gasteiger partial charge in [0.1, 0.15) is 0 Å². The summed E-state index contributed by atoms with van der Waals surface area (Å²) >= 11 is 0. The molecule has 158 valence electrons. The van der Waals surface area contributed by atoms with Crippen molar-refractivity contribution in [2.45, 2.75) is 45.6 Å². The van der Waals surface area contributed by atoms with Gasteiger partial charge in [0.15, 0.2) is 5.96 Å². The van der Waals surface area contributed by atoms with Gasteiger partial charge in [0.05, 0.1) is 31.4 Å². The van der Waals surface area contributed by atoms with Crippen molar-refractivity contribution in [1.82, 2.24) is 15.5 Å². The normalized spacial score (nSPS) is 20.1. The van der Waals surface area contributed by atoms with Crippen molar-refractivity contribution >= 4 is 5.96 Å². The molecule has 6 heteroatoms. The van der Waals surface area contributed by atoms with E-state index in [4.69, 9.17) is 15.0 Å². The summed E-state index contributed by atoms with van der Waals surface area (Å²) < 4.78 is 5.54. The van der Waals surface area contributed by atoms with Crippen molar-refractivity contribution in [3.05, 3.63) is 35.4 Å². The standard InChI is InChI=1S/C23H35N5O/c1-2-25-22(26-17-21-8-6-7-20(15-21)16-24)27-18-23(9-4-3-5-10-23)19-28-11-13-29-14-12-28/h6-8,15H,2-5,9-14,17-19H2,1H3,(H2,25,26,27). The molecule has 2 aliphatic rings. The Morgan fingerprint density at radius 2 is 2.00 bits per heavy atom. The van der Waals surface area contributed by atoms with Gasteiger partial charge in [0, 0.05) is 38.1 Å². The molecule has 0 bridgehead atoms. The second-order valence-electron chi connectivity index (χ2n) is 8.31. The Morgan fingerprint density at radius 1 is 1.21 bits per heavy atom. The van der Waals surface area contributed by atoms with Crippen LogP contribution in [-0.4, -0.2) is 56.8 Å². The van der Waals surface area contributed by atoms with Crippen molar-refractivity contribution in [2.24, 2.45) is 10.4 Å². The van der Waals surface area contributed by atoms with Crippen molar-refractivity contribution in [3.63, 3.8) is 0 Å². The smallest absolute Gasteiger partial charge is 0.191 e. The Bertz CT molecular complexity index is 699. The molecule has 2 N–H and O–H groups in total. The van der Waals surface area contributed by atoms with Gasteiger partial charge in [-0.3, -0.25) is 4.90 Å². The summed E-state index contributed by atoms with van der Waals surface area (Å²) in [5.74, 6) is 0.863. The molecule has 1 aromatic rings. The minimum absolute atomic E-state index is 0.312. The van der Waals surface area contributed by atoms with Crippen LogP contribution in [0.2, 0.25) is 0 Å². The third kappa shape index (κ3) is 6.73. The summed E-state index contributed by atoms with van der Waals surface area (Å²) in [7, 11) is 0. The molecule has 1 heterocycles. The lowest BCUT2D eigenvalue weighted by Crippen LogP contribution is -2.51. The van der Waals surface area contributed by atoms with E-state index in [0.717, 1.165) is 57.5 Å². The SMILES string of the molecule is CCNC(=NCc1cccc(C#N)c1)NCC1(CN2CCOCC2)CCCCC1. The third-order valence-electron chi connectivity index (χ3n) is 6.03. The Balaban J connectivity index is 1.63. The van der Waals surface area contributed by atoms with Gasteiger partial charge < -0.3 is 15.4 Å². The van der Waals surface area contributed by atoms with E-state index in [1.807, 2.05) is 24.3 Å². The van der Waals surface area contributed by atoms with Gasteiger partial charge in [-0.15, -0.1) is 0 Å². The van der Waals surface area contributed by atoms with Crippen LogP contribution in [0.15, 0.2) is 29.3 Å². The highest BCUT2D eigenvalue weighted by molar-refractivity contribution is 5.79. The molecule has 6 nitrogen and oxygen atoms in total. The quantitative estimate of drug-likeness (QED) is 0.547. The lowest BCUT2D eigenvalue weighted by Gasteiger charge is -2.42. The molecular formula is C23H35N5O. The zero-order valence-corrected chi connectivity index (χ0v) is 17.8. The summed E-state index contributed by atoms with van der Waals surface area (Å²) in [6.07, 6.45) is 6.55. The number of nitriles is 1. The molecule has 0 atom stereocenters. The van der Waals surface area contributed by atoms with Gasteiger partial charge in [0.25, 0.3) is 0 Å². The van der Waals surface area contributed by atoms with Crippen LogP contribution in [0, 0.1) is 16.7 Å². The van der Waals surface area contributed by atoms with Crippen LogP contribution in [0.4, 0.5) is 0 Å². The predicted octanol–water partition coefficient (Wildman–Crippen LogP) is 2.90. The van der Waals surface area contributed by atoms with Crippen LogP contribution < -0.4 is 10.6 Å². The summed E-state index contributed by atoms with van der Waals surface area (Å²) in [5, 5.41) is 16.1. The van der Waals surface area contributed by atoms with Gasteiger partial charge >= 0.3 is 0 Å². The number of hydrogen-bond acceptors (Lipinski definition) is 4. The fourth-order valence-electron chi connectivity index (χ4n) is 4.45. The number of guanidine groups is 1. The number of rotatable bonds is 7. The Labute approximate surface area is 175 Å². The van der Waals surface area contributed by atoms with Crippen LogP contribution in [0.5, 0.6) is 0 Å². The van der Waals surface area contributed by atoms with Crippen LogP contribution in [0.1, 0.15) is 50.2 Å². The number of ether oxygens (including phenoxy) is 1. The molecule has 1 saturated heterocycles. The second kappa shape index (κ2) is 11.2. The Hall–Kier alpha value is -2.10. The molecule has 1 saturated carbocycles. The second-order valence-corrected chi connectivity index (χ2v) is 8.31. The molecular weight excluding hydrogens is 362 g/mol. The van der Waals surface area contributed by atoms with Crippen LogP contribution in [0.25, 0.3) is 0 Å². The Kier molecular flexibility index (Phi) is 8.33. The highest BCUT2D eigenvalue weighted by Gasteiger charge is 2.34. The van der Waals surface area contributed by atoms with Gasteiger partial charge in [-0.2, -0.15) is 5.26 Å². The molecule has 1 aliphatic carbocycles. The van der Waals surface area contributed by atoms with Gasteiger partial charge in [-0.25, -0.2) is 4.99 Å². The van der Waals surface area contributed by atoms with E-state index in [0.29, 0.717) is 17.5 Å². The molecule has 3 rings (SSSR count). The van der Waals surface area contributed by atoms with E-state index >= 15 is 0 Å². The van der Waals surface area contributed by atoms with E-state index in [1.54, 1.807) is 0 Å². The van der Waals surface area contributed by atoms with Crippen molar-refractivity contribution in [3.8, 4) is 6.07 Å². The maximum Gasteiger partial charge on any atom is 0.191 e. The Morgan fingerprint density at radius 3 is 2.72 bits per heavy atom. The first-order chi connectivity index (χ1) is 14.2. The molecule has 1 aromatic carbocycles.